The van der Waals surface area contributed by atoms with Gasteiger partial charge in [-0.05, 0) is 18.8 Å². The summed E-state index contributed by atoms with van der Waals surface area (Å²) in [5, 5.41) is 9.17. The second kappa shape index (κ2) is 9.78. The summed E-state index contributed by atoms with van der Waals surface area (Å²) in [7, 11) is 0. The molecule has 0 fully saturated rings. The largest absolute Gasteiger partial charge is 0.481 e. The van der Waals surface area contributed by atoms with Crippen molar-refractivity contribution in [3.05, 3.63) is 0 Å². The number of carboxylic acids is 1. The fourth-order valence-corrected chi connectivity index (χ4v) is 2.29. The maximum Gasteiger partial charge on any atom is 0.312 e. The van der Waals surface area contributed by atoms with Gasteiger partial charge in [0, 0.05) is 0 Å². The van der Waals surface area contributed by atoms with E-state index in [2.05, 4.69) is 0 Å². The van der Waals surface area contributed by atoms with Gasteiger partial charge in [-0.2, -0.15) is 0 Å². The van der Waals surface area contributed by atoms with Gasteiger partial charge in [0.1, 0.15) is 0 Å². The number of ether oxygens (including phenoxy) is 1. The fourth-order valence-electron chi connectivity index (χ4n) is 2.29. The van der Waals surface area contributed by atoms with E-state index in [1.807, 2.05) is 27.7 Å². The van der Waals surface area contributed by atoms with E-state index in [1.165, 1.54) is 0 Å². The average Bonchev–Trinajstić information content (AvgIpc) is 2.38. The van der Waals surface area contributed by atoms with Crippen molar-refractivity contribution in [3.63, 3.8) is 0 Å². The third kappa shape index (κ3) is 6.92. The number of carbonyl (C=O) groups is 2. The molecule has 0 radical (unpaired) electrons. The molecular formula is C16H30O4. The van der Waals surface area contributed by atoms with Gasteiger partial charge in [0.15, 0.2) is 0 Å². The quantitative estimate of drug-likeness (QED) is 0.582. The smallest absolute Gasteiger partial charge is 0.312 e. The van der Waals surface area contributed by atoms with E-state index < -0.39 is 11.4 Å². The van der Waals surface area contributed by atoms with E-state index in [0.717, 1.165) is 25.7 Å². The Balaban J connectivity index is 5.00. The minimum Gasteiger partial charge on any atom is -0.481 e. The van der Waals surface area contributed by atoms with E-state index >= 15 is 0 Å². The van der Waals surface area contributed by atoms with Crippen LogP contribution in [0.5, 0.6) is 0 Å². The molecule has 0 aromatic heterocycles. The highest BCUT2D eigenvalue weighted by molar-refractivity contribution is 5.82. The molecule has 0 heterocycles. The summed E-state index contributed by atoms with van der Waals surface area (Å²) >= 11 is 0. The molecule has 0 aliphatic heterocycles. The Morgan fingerprint density at radius 1 is 1.10 bits per heavy atom. The van der Waals surface area contributed by atoms with Gasteiger partial charge in [0.2, 0.25) is 0 Å². The number of hydrogen-bond acceptors (Lipinski definition) is 3. The van der Waals surface area contributed by atoms with E-state index in [4.69, 9.17) is 9.84 Å². The van der Waals surface area contributed by atoms with Crippen LogP contribution in [0.4, 0.5) is 0 Å². The summed E-state index contributed by atoms with van der Waals surface area (Å²) in [5.74, 6) is -0.979. The molecule has 0 aromatic rings. The minimum absolute atomic E-state index is 0.121. The summed E-state index contributed by atoms with van der Waals surface area (Å²) in [6.07, 6.45) is 4.70. The van der Waals surface area contributed by atoms with Crippen LogP contribution in [0, 0.1) is 11.3 Å². The number of esters is 1. The van der Waals surface area contributed by atoms with Gasteiger partial charge in [-0.1, -0.05) is 53.4 Å². The van der Waals surface area contributed by atoms with Gasteiger partial charge in [-0.25, -0.2) is 0 Å². The first-order valence-electron chi connectivity index (χ1n) is 7.77. The predicted molar refractivity (Wildman–Crippen MR) is 79.5 cm³/mol. The van der Waals surface area contributed by atoms with Gasteiger partial charge < -0.3 is 9.84 Å². The van der Waals surface area contributed by atoms with Crippen LogP contribution in [0.15, 0.2) is 0 Å². The molecule has 0 atom stereocenters. The number of rotatable bonds is 11. The summed E-state index contributed by atoms with van der Waals surface area (Å²) in [4.78, 5) is 23.6. The molecule has 0 aromatic carbocycles. The molecule has 0 unspecified atom stereocenters. The number of unbranched alkanes of at least 4 members (excludes halogenated alkanes) is 2. The molecule has 0 saturated carbocycles. The van der Waals surface area contributed by atoms with Crippen molar-refractivity contribution in [3.8, 4) is 0 Å². The highest BCUT2D eigenvalue weighted by Crippen LogP contribution is 2.36. The normalized spacial score (nSPS) is 11.7. The van der Waals surface area contributed by atoms with Crippen molar-refractivity contribution in [2.75, 3.05) is 6.61 Å². The van der Waals surface area contributed by atoms with Crippen molar-refractivity contribution in [2.24, 2.45) is 11.3 Å². The zero-order chi connectivity index (χ0) is 15.6. The van der Waals surface area contributed by atoms with Crippen LogP contribution in [-0.2, 0) is 14.3 Å². The Hall–Kier alpha value is -1.06. The van der Waals surface area contributed by atoms with Gasteiger partial charge in [0.05, 0.1) is 18.4 Å². The summed E-state index contributed by atoms with van der Waals surface area (Å²) in [6, 6.07) is 0. The summed E-state index contributed by atoms with van der Waals surface area (Å²) < 4.78 is 5.36. The summed E-state index contributed by atoms with van der Waals surface area (Å²) in [6.45, 7) is 8.41. The second-order valence-electron chi connectivity index (χ2n) is 6.05. The molecule has 0 saturated heterocycles. The lowest BCUT2D eigenvalue weighted by molar-refractivity contribution is -0.163. The zero-order valence-electron chi connectivity index (χ0n) is 13.4. The van der Waals surface area contributed by atoms with Crippen LogP contribution in [0.1, 0.15) is 72.6 Å². The lowest BCUT2D eigenvalue weighted by Crippen LogP contribution is -2.36. The van der Waals surface area contributed by atoms with Crippen LogP contribution >= 0.6 is 0 Å². The first kappa shape index (κ1) is 18.9. The van der Waals surface area contributed by atoms with Crippen molar-refractivity contribution < 1.29 is 19.4 Å². The summed E-state index contributed by atoms with van der Waals surface area (Å²) in [5.41, 5.74) is -0.841. The molecule has 20 heavy (non-hydrogen) atoms. The monoisotopic (exact) mass is 286 g/mol. The standard InChI is InChI=1S/C16H30O4/c1-5-7-9-16(10-8-6-2,11-14(17)18)15(19)20-12-13(3)4/h13H,5-12H2,1-4H3,(H,17,18). The Morgan fingerprint density at radius 3 is 1.95 bits per heavy atom. The predicted octanol–water partition coefficient (Wildman–Crippen LogP) is 4.03. The van der Waals surface area contributed by atoms with E-state index in [1.54, 1.807) is 0 Å². The first-order chi connectivity index (χ1) is 9.38. The topological polar surface area (TPSA) is 63.6 Å². The van der Waals surface area contributed by atoms with Gasteiger partial charge in [-0.3, -0.25) is 9.59 Å². The molecule has 4 heteroatoms. The van der Waals surface area contributed by atoms with Crippen molar-refractivity contribution in [1.29, 1.82) is 0 Å². The molecule has 1 N–H and O–H groups in total. The van der Waals surface area contributed by atoms with Crippen molar-refractivity contribution >= 4 is 11.9 Å². The molecule has 0 rings (SSSR count). The fraction of sp³-hybridized carbons (Fsp3) is 0.875. The highest BCUT2D eigenvalue weighted by atomic mass is 16.5. The lowest BCUT2D eigenvalue weighted by Gasteiger charge is -2.30. The molecule has 4 nitrogen and oxygen atoms in total. The SMILES string of the molecule is CCCCC(CCCC)(CC(=O)O)C(=O)OCC(C)C. The molecule has 0 aliphatic rings. The van der Waals surface area contributed by atoms with Gasteiger partial charge in [0.25, 0.3) is 0 Å². The van der Waals surface area contributed by atoms with E-state index in [0.29, 0.717) is 19.4 Å². The highest BCUT2D eigenvalue weighted by Gasteiger charge is 2.40. The Bertz CT molecular complexity index is 289. The van der Waals surface area contributed by atoms with Gasteiger partial charge in [-0.15, -0.1) is 0 Å². The van der Waals surface area contributed by atoms with Crippen LogP contribution in [-0.4, -0.2) is 23.7 Å². The Labute approximate surface area is 122 Å². The van der Waals surface area contributed by atoms with Crippen LogP contribution in [0.25, 0.3) is 0 Å². The van der Waals surface area contributed by atoms with Crippen molar-refractivity contribution in [1.82, 2.24) is 0 Å². The average molecular weight is 286 g/mol. The van der Waals surface area contributed by atoms with Crippen LogP contribution in [0.2, 0.25) is 0 Å². The van der Waals surface area contributed by atoms with E-state index in [9.17, 15) is 9.59 Å². The molecule has 0 spiro atoms. The second-order valence-corrected chi connectivity index (χ2v) is 6.05. The Kier molecular flexibility index (Phi) is 9.26. The maximum atomic E-state index is 12.4. The maximum absolute atomic E-state index is 12.4. The molecule has 118 valence electrons. The number of aliphatic carboxylic acids is 1. The van der Waals surface area contributed by atoms with Crippen LogP contribution in [0.3, 0.4) is 0 Å². The third-order valence-electron chi connectivity index (χ3n) is 3.49. The molecule has 0 amide bonds. The number of carbonyl (C=O) groups excluding carboxylic acids is 1. The molecule has 0 aliphatic carbocycles. The minimum atomic E-state index is -0.918. The van der Waals surface area contributed by atoms with Gasteiger partial charge >= 0.3 is 11.9 Å². The van der Waals surface area contributed by atoms with Crippen LogP contribution < -0.4 is 0 Å². The third-order valence-corrected chi connectivity index (χ3v) is 3.49. The first-order valence-corrected chi connectivity index (χ1v) is 7.77. The lowest BCUT2D eigenvalue weighted by atomic mass is 9.75. The Morgan fingerprint density at radius 2 is 1.60 bits per heavy atom. The van der Waals surface area contributed by atoms with Crippen molar-refractivity contribution in [2.45, 2.75) is 72.6 Å². The number of hydrogen-bond donors (Lipinski definition) is 1. The molecular weight excluding hydrogens is 256 g/mol. The number of carboxylic acid groups (broad SMARTS) is 1. The molecule has 0 bridgehead atoms. The zero-order valence-corrected chi connectivity index (χ0v) is 13.4. The van der Waals surface area contributed by atoms with E-state index in [-0.39, 0.29) is 18.3 Å².